The lowest BCUT2D eigenvalue weighted by atomic mass is 9.78. The van der Waals surface area contributed by atoms with Crippen LogP contribution in [0.25, 0.3) is 11.1 Å². The van der Waals surface area contributed by atoms with Crippen molar-refractivity contribution in [2.24, 2.45) is 0 Å². The Hall–Kier alpha value is -1.65. The van der Waals surface area contributed by atoms with E-state index in [9.17, 15) is 0 Å². The molecular weight excluding hydrogens is 297 g/mol. The first-order valence-electron chi connectivity index (χ1n) is 8.78. The fraction of sp³-hybridized carbons (Fsp3) is 0.450. The molecule has 1 aliphatic heterocycles. The molecule has 4 rings (SSSR count). The maximum absolute atomic E-state index is 6.12. The molecule has 3 nitrogen and oxygen atoms in total. The van der Waals surface area contributed by atoms with Crippen molar-refractivity contribution in [3.05, 3.63) is 48.3 Å². The molecule has 1 aliphatic carbocycles. The summed E-state index contributed by atoms with van der Waals surface area (Å²) >= 11 is 0. The van der Waals surface area contributed by atoms with E-state index in [1.165, 1.54) is 29.7 Å². The molecule has 2 aliphatic rings. The second kappa shape index (κ2) is 5.43. The second-order valence-electron chi connectivity index (χ2n) is 7.95. The third-order valence-electron chi connectivity index (χ3n) is 5.55. The van der Waals surface area contributed by atoms with Crippen molar-refractivity contribution in [2.45, 2.75) is 57.7 Å². The van der Waals surface area contributed by atoms with Gasteiger partial charge in [-0.15, -0.1) is 0 Å². The zero-order valence-corrected chi connectivity index (χ0v) is 14.9. The number of rotatable bonds is 3. The highest BCUT2D eigenvalue weighted by molar-refractivity contribution is 6.62. The summed E-state index contributed by atoms with van der Waals surface area (Å²) < 4.78 is 12.2. The van der Waals surface area contributed by atoms with Crippen LogP contribution in [0.3, 0.4) is 0 Å². The van der Waals surface area contributed by atoms with E-state index in [1.54, 1.807) is 0 Å². The Bertz CT molecular complexity index is 734. The van der Waals surface area contributed by atoms with Crippen molar-refractivity contribution in [3.8, 4) is 11.1 Å². The SMILES string of the molecule is CC1(C)OB(c2ccc(-c3ccnc(C4CC4)c3)cc2)OC1(C)C. The van der Waals surface area contributed by atoms with Gasteiger partial charge in [0.05, 0.1) is 11.2 Å². The highest BCUT2D eigenvalue weighted by Crippen LogP contribution is 2.40. The number of hydrogen-bond donors (Lipinski definition) is 0. The maximum atomic E-state index is 6.12. The van der Waals surface area contributed by atoms with Crippen LogP contribution >= 0.6 is 0 Å². The van der Waals surface area contributed by atoms with Gasteiger partial charge in [-0.2, -0.15) is 0 Å². The lowest BCUT2D eigenvalue weighted by molar-refractivity contribution is 0.00578. The van der Waals surface area contributed by atoms with Crippen LogP contribution in [-0.2, 0) is 9.31 Å². The highest BCUT2D eigenvalue weighted by Gasteiger charge is 2.51. The van der Waals surface area contributed by atoms with E-state index in [1.807, 2.05) is 6.20 Å². The fourth-order valence-corrected chi connectivity index (χ4v) is 3.04. The van der Waals surface area contributed by atoms with Crippen molar-refractivity contribution in [3.63, 3.8) is 0 Å². The summed E-state index contributed by atoms with van der Waals surface area (Å²) in [6.07, 6.45) is 4.47. The largest absolute Gasteiger partial charge is 0.494 e. The molecule has 0 atom stereocenters. The van der Waals surface area contributed by atoms with E-state index >= 15 is 0 Å². The van der Waals surface area contributed by atoms with Crippen LogP contribution in [0.4, 0.5) is 0 Å². The summed E-state index contributed by atoms with van der Waals surface area (Å²) in [5.41, 5.74) is 4.12. The minimum atomic E-state index is -0.305. The molecule has 2 heterocycles. The summed E-state index contributed by atoms with van der Waals surface area (Å²) in [6, 6.07) is 12.8. The van der Waals surface area contributed by atoms with Gasteiger partial charge in [0, 0.05) is 17.8 Å². The standard InChI is InChI=1S/C20H24BNO2/c1-19(2)20(3,4)24-21(23-19)17-9-7-14(8-10-17)16-11-12-22-18(13-16)15-5-6-15/h7-13,15H,5-6H2,1-4H3. The van der Waals surface area contributed by atoms with Gasteiger partial charge in [0.1, 0.15) is 0 Å². The molecule has 0 amide bonds. The van der Waals surface area contributed by atoms with E-state index in [4.69, 9.17) is 9.31 Å². The van der Waals surface area contributed by atoms with Crippen molar-refractivity contribution in [1.29, 1.82) is 0 Å². The molecule has 0 N–H and O–H groups in total. The molecule has 1 saturated heterocycles. The number of benzene rings is 1. The number of nitrogens with zero attached hydrogens (tertiary/aromatic N) is 1. The zero-order chi connectivity index (χ0) is 16.9. The van der Waals surface area contributed by atoms with Gasteiger partial charge in [0.15, 0.2) is 0 Å². The van der Waals surface area contributed by atoms with Crippen molar-refractivity contribution < 1.29 is 9.31 Å². The van der Waals surface area contributed by atoms with Gasteiger partial charge in [-0.3, -0.25) is 4.98 Å². The van der Waals surface area contributed by atoms with Crippen molar-refractivity contribution in [2.75, 3.05) is 0 Å². The molecule has 24 heavy (non-hydrogen) atoms. The van der Waals surface area contributed by atoms with Crippen molar-refractivity contribution >= 4 is 12.6 Å². The van der Waals surface area contributed by atoms with Crippen LogP contribution in [0, 0.1) is 0 Å². The summed E-state index contributed by atoms with van der Waals surface area (Å²) in [4.78, 5) is 4.50. The first-order chi connectivity index (χ1) is 11.4. The summed E-state index contributed by atoms with van der Waals surface area (Å²) in [7, 11) is -0.302. The number of aromatic nitrogens is 1. The monoisotopic (exact) mass is 321 g/mol. The smallest absolute Gasteiger partial charge is 0.399 e. The predicted molar refractivity (Wildman–Crippen MR) is 97.4 cm³/mol. The minimum absolute atomic E-state index is 0.302. The normalized spacial score (nSPS) is 21.9. The molecule has 0 spiro atoms. The molecule has 1 saturated carbocycles. The highest BCUT2D eigenvalue weighted by atomic mass is 16.7. The molecule has 124 valence electrons. The lowest BCUT2D eigenvalue weighted by Gasteiger charge is -2.32. The van der Waals surface area contributed by atoms with Gasteiger partial charge < -0.3 is 9.31 Å². The summed E-state index contributed by atoms with van der Waals surface area (Å²) in [5, 5.41) is 0. The first kappa shape index (κ1) is 15.9. The Labute approximate surface area is 144 Å². The van der Waals surface area contributed by atoms with Crippen molar-refractivity contribution in [1.82, 2.24) is 4.98 Å². The quantitative estimate of drug-likeness (QED) is 0.803. The van der Waals surface area contributed by atoms with Gasteiger partial charge in [-0.1, -0.05) is 24.3 Å². The van der Waals surface area contributed by atoms with Gasteiger partial charge in [0.25, 0.3) is 0 Å². The molecule has 0 unspecified atom stereocenters. The third-order valence-corrected chi connectivity index (χ3v) is 5.55. The Morgan fingerprint density at radius 3 is 2.12 bits per heavy atom. The zero-order valence-electron chi connectivity index (χ0n) is 14.9. The molecule has 1 aromatic heterocycles. The van der Waals surface area contributed by atoms with E-state index in [0.717, 1.165) is 5.46 Å². The fourth-order valence-electron chi connectivity index (χ4n) is 3.04. The van der Waals surface area contributed by atoms with Gasteiger partial charge >= 0.3 is 7.12 Å². The van der Waals surface area contributed by atoms with E-state index < -0.39 is 0 Å². The van der Waals surface area contributed by atoms with Crippen LogP contribution in [-0.4, -0.2) is 23.3 Å². The molecular formula is C20H24BNO2. The minimum Gasteiger partial charge on any atom is -0.399 e. The molecule has 0 radical (unpaired) electrons. The topological polar surface area (TPSA) is 31.4 Å². The Kier molecular flexibility index (Phi) is 3.59. The second-order valence-corrected chi connectivity index (χ2v) is 7.95. The average molecular weight is 321 g/mol. The first-order valence-corrected chi connectivity index (χ1v) is 8.78. The predicted octanol–water partition coefficient (Wildman–Crippen LogP) is 3.93. The van der Waals surface area contributed by atoms with Crippen LogP contribution in [0.2, 0.25) is 0 Å². The van der Waals surface area contributed by atoms with E-state index in [2.05, 4.69) is 69.1 Å². The molecule has 1 aromatic carbocycles. The molecule has 4 heteroatoms. The molecule has 2 aromatic rings. The average Bonchev–Trinajstić information content (AvgIpc) is 3.36. The Balaban J connectivity index is 1.56. The molecule has 2 fully saturated rings. The van der Waals surface area contributed by atoms with Gasteiger partial charge in [0.2, 0.25) is 0 Å². The van der Waals surface area contributed by atoms with Crippen LogP contribution in [0.15, 0.2) is 42.6 Å². The number of hydrogen-bond acceptors (Lipinski definition) is 3. The lowest BCUT2D eigenvalue weighted by Crippen LogP contribution is -2.41. The van der Waals surface area contributed by atoms with Gasteiger partial charge in [-0.25, -0.2) is 0 Å². The van der Waals surface area contributed by atoms with E-state index in [-0.39, 0.29) is 18.3 Å². The molecule has 0 bridgehead atoms. The Morgan fingerprint density at radius 2 is 1.54 bits per heavy atom. The maximum Gasteiger partial charge on any atom is 0.494 e. The summed E-state index contributed by atoms with van der Waals surface area (Å²) in [6.45, 7) is 8.32. The summed E-state index contributed by atoms with van der Waals surface area (Å²) in [5.74, 6) is 0.675. The van der Waals surface area contributed by atoms with Gasteiger partial charge in [-0.05, 0) is 69.3 Å². The third kappa shape index (κ3) is 2.78. The Morgan fingerprint density at radius 1 is 0.917 bits per heavy atom. The van der Waals surface area contributed by atoms with Crippen LogP contribution < -0.4 is 5.46 Å². The van der Waals surface area contributed by atoms with E-state index in [0.29, 0.717) is 5.92 Å². The van der Waals surface area contributed by atoms with Crippen LogP contribution in [0.5, 0.6) is 0 Å². The van der Waals surface area contributed by atoms with Crippen LogP contribution in [0.1, 0.15) is 52.1 Å². The number of pyridine rings is 1.